The van der Waals surface area contributed by atoms with Gasteiger partial charge in [0, 0.05) is 0 Å². The van der Waals surface area contributed by atoms with Crippen molar-refractivity contribution in [3.05, 3.63) is 12.2 Å². The van der Waals surface area contributed by atoms with Crippen LogP contribution >= 0.6 is 12.6 Å². The average molecular weight is 103 g/mol. The van der Waals surface area contributed by atoms with Crippen molar-refractivity contribution >= 4 is 12.6 Å². The van der Waals surface area contributed by atoms with Crippen molar-refractivity contribution in [3.8, 4) is 0 Å². The van der Waals surface area contributed by atoms with Crippen LogP contribution in [-0.4, -0.2) is 5.44 Å². The normalized spacial score (nSPS) is 13.8. The fourth-order valence-electron chi connectivity index (χ4n) is 0. The molecule has 0 amide bonds. The summed E-state index contributed by atoms with van der Waals surface area (Å²) in [5.41, 5.74) is -0.330. The van der Waals surface area contributed by atoms with E-state index in [0.29, 0.717) is 5.57 Å². The van der Waals surface area contributed by atoms with Gasteiger partial charge in [-0.15, -0.1) is 12.6 Å². The predicted molar refractivity (Wildman–Crippen MR) is 28.3 cm³/mol. The molecule has 0 saturated heterocycles. The molecule has 1 atom stereocenters. The molecule has 0 heterocycles. The lowest BCUT2D eigenvalue weighted by Gasteiger charge is -1.92. The topological polar surface area (TPSA) is 19.9 Å². The SMILES string of the molecule is C=C(C)C([O])S. The molecular formula is C4H7OS. The second kappa shape index (κ2) is 2.26. The molecule has 1 radical (unpaired) electrons. The second-order valence-electron chi connectivity index (χ2n) is 1.20. The molecule has 0 aromatic carbocycles. The Balaban J connectivity index is 3.26. The predicted octanol–water partition coefficient (Wildman–Crippen LogP) is 1.25. The van der Waals surface area contributed by atoms with Crippen LogP contribution in [0.5, 0.6) is 0 Å². The van der Waals surface area contributed by atoms with Crippen LogP contribution in [0, 0.1) is 0 Å². The van der Waals surface area contributed by atoms with Crippen LogP contribution in [0.15, 0.2) is 12.2 Å². The minimum Gasteiger partial charge on any atom is -0.217 e. The maximum absolute atomic E-state index is 9.99. The van der Waals surface area contributed by atoms with Gasteiger partial charge in [0.05, 0.1) is 0 Å². The average Bonchev–Trinajstić information content (AvgIpc) is 1.36. The monoisotopic (exact) mass is 103 g/mol. The van der Waals surface area contributed by atoms with E-state index < -0.39 is 5.44 Å². The van der Waals surface area contributed by atoms with Crippen LogP contribution in [-0.2, 0) is 5.11 Å². The van der Waals surface area contributed by atoms with Gasteiger partial charge >= 0.3 is 0 Å². The molecule has 0 aliphatic rings. The molecule has 0 aromatic rings. The zero-order valence-electron chi connectivity index (χ0n) is 3.64. The summed E-state index contributed by atoms with van der Waals surface area (Å²) >= 11 is 3.54. The van der Waals surface area contributed by atoms with Crippen LogP contribution in [0.2, 0.25) is 0 Å². The van der Waals surface area contributed by atoms with E-state index in [0.717, 1.165) is 0 Å². The summed E-state index contributed by atoms with van der Waals surface area (Å²) in [5.74, 6) is 0. The number of rotatable bonds is 1. The maximum atomic E-state index is 9.99. The minimum atomic E-state index is -0.898. The fourth-order valence-corrected chi connectivity index (χ4v) is 0. The van der Waals surface area contributed by atoms with Gasteiger partial charge in [-0.05, 0) is 12.5 Å². The third-order valence-electron chi connectivity index (χ3n) is 0.422. The van der Waals surface area contributed by atoms with Crippen molar-refractivity contribution in [2.75, 3.05) is 0 Å². The highest BCUT2D eigenvalue weighted by molar-refractivity contribution is 7.80. The molecule has 0 rings (SSSR count). The summed E-state index contributed by atoms with van der Waals surface area (Å²) in [7, 11) is 0. The summed E-state index contributed by atoms with van der Waals surface area (Å²) < 4.78 is 0. The first-order chi connectivity index (χ1) is 2.64. The molecule has 6 heavy (non-hydrogen) atoms. The van der Waals surface area contributed by atoms with Crippen molar-refractivity contribution in [2.45, 2.75) is 12.4 Å². The second-order valence-corrected chi connectivity index (χ2v) is 1.67. The molecule has 0 spiro atoms. The fraction of sp³-hybridized carbons (Fsp3) is 0.500. The van der Waals surface area contributed by atoms with Gasteiger partial charge in [0.2, 0.25) is 0 Å². The number of hydrogen-bond donors (Lipinski definition) is 1. The van der Waals surface area contributed by atoms with E-state index in [-0.39, 0.29) is 0 Å². The largest absolute Gasteiger partial charge is 0.217 e. The van der Waals surface area contributed by atoms with Crippen LogP contribution in [0.1, 0.15) is 6.92 Å². The summed E-state index contributed by atoms with van der Waals surface area (Å²) in [6.45, 7) is 5.02. The van der Waals surface area contributed by atoms with Gasteiger partial charge in [-0.25, -0.2) is 5.11 Å². The van der Waals surface area contributed by atoms with Gasteiger partial charge in [-0.2, -0.15) is 0 Å². The Kier molecular flexibility index (Phi) is 2.28. The Morgan fingerprint density at radius 2 is 2.17 bits per heavy atom. The lowest BCUT2D eigenvalue weighted by atomic mass is 10.4. The quantitative estimate of drug-likeness (QED) is 0.293. The Hall–Kier alpha value is 0.0500. The lowest BCUT2D eigenvalue weighted by molar-refractivity contribution is 0.195. The molecule has 0 bridgehead atoms. The summed E-state index contributed by atoms with van der Waals surface area (Å²) in [5, 5.41) is 9.99. The molecule has 0 aromatic heterocycles. The van der Waals surface area contributed by atoms with E-state index in [4.69, 9.17) is 0 Å². The van der Waals surface area contributed by atoms with Gasteiger partial charge in [0.15, 0.2) is 5.44 Å². The summed E-state index contributed by atoms with van der Waals surface area (Å²) in [6.07, 6.45) is 0. The van der Waals surface area contributed by atoms with E-state index in [1.807, 2.05) is 0 Å². The Bertz CT molecular complexity index is 58.6. The first-order valence-electron chi connectivity index (χ1n) is 1.64. The van der Waals surface area contributed by atoms with E-state index >= 15 is 0 Å². The van der Waals surface area contributed by atoms with Crippen molar-refractivity contribution in [1.29, 1.82) is 0 Å². The first-order valence-corrected chi connectivity index (χ1v) is 2.15. The Morgan fingerprint density at radius 3 is 2.17 bits per heavy atom. The first kappa shape index (κ1) is 6.05. The smallest absolute Gasteiger partial charge is 0.156 e. The molecule has 0 saturated carbocycles. The van der Waals surface area contributed by atoms with Gasteiger partial charge in [0.1, 0.15) is 0 Å². The van der Waals surface area contributed by atoms with Crippen LogP contribution in [0.3, 0.4) is 0 Å². The molecule has 0 aliphatic carbocycles. The third kappa shape index (κ3) is 2.30. The number of hydrogen-bond acceptors (Lipinski definition) is 1. The van der Waals surface area contributed by atoms with Crippen molar-refractivity contribution in [3.63, 3.8) is 0 Å². The molecule has 0 aliphatic heterocycles. The van der Waals surface area contributed by atoms with Gasteiger partial charge in [-0.3, -0.25) is 0 Å². The van der Waals surface area contributed by atoms with Crippen LogP contribution in [0.25, 0.3) is 0 Å². The summed E-state index contributed by atoms with van der Waals surface area (Å²) in [4.78, 5) is 0. The summed E-state index contributed by atoms with van der Waals surface area (Å²) in [6, 6.07) is 0. The third-order valence-corrected chi connectivity index (χ3v) is 0.862. The van der Waals surface area contributed by atoms with E-state index in [1.54, 1.807) is 6.92 Å². The Labute approximate surface area is 43.1 Å². The van der Waals surface area contributed by atoms with Crippen molar-refractivity contribution < 1.29 is 5.11 Å². The Morgan fingerprint density at radius 1 is 2.00 bits per heavy atom. The zero-order chi connectivity index (χ0) is 5.15. The molecule has 2 heteroatoms. The van der Waals surface area contributed by atoms with E-state index in [2.05, 4.69) is 19.2 Å². The minimum absolute atomic E-state index is 0.568. The van der Waals surface area contributed by atoms with Crippen molar-refractivity contribution in [1.82, 2.24) is 0 Å². The standard InChI is InChI=1S/C4H7OS/c1-3(2)4(5)6/h4,6H,1H2,2H3. The molecule has 1 nitrogen and oxygen atoms in total. The van der Waals surface area contributed by atoms with Gasteiger partial charge in [-0.1, -0.05) is 6.58 Å². The molecular weight excluding hydrogens is 96.1 g/mol. The molecule has 0 N–H and O–H groups in total. The highest BCUT2D eigenvalue weighted by Gasteiger charge is 1.93. The van der Waals surface area contributed by atoms with E-state index in [1.165, 1.54) is 0 Å². The highest BCUT2D eigenvalue weighted by Crippen LogP contribution is 1.99. The number of thiol groups is 1. The van der Waals surface area contributed by atoms with Gasteiger partial charge < -0.3 is 0 Å². The molecule has 35 valence electrons. The molecule has 0 fully saturated rings. The lowest BCUT2D eigenvalue weighted by Crippen LogP contribution is -1.91. The van der Waals surface area contributed by atoms with Crippen LogP contribution < -0.4 is 0 Å². The van der Waals surface area contributed by atoms with Gasteiger partial charge in [0.25, 0.3) is 0 Å². The van der Waals surface area contributed by atoms with Crippen LogP contribution in [0.4, 0.5) is 0 Å². The van der Waals surface area contributed by atoms with Crippen molar-refractivity contribution in [2.24, 2.45) is 0 Å². The maximum Gasteiger partial charge on any atom is 0.156 e. The van der Waals surface area contributed by atoms with E-state index in [9.17, 15) is 5.11 Å². The molecule has 1 unspecified atom stereocenters. The zero-order valence-corrected chi connectivity index (χ0v) is 4.53. The highest BCUT2D eigenvalue weighted by atomic mass is 32.1.